The first-order chi connectivity index (χ1) is 15.8. The van der Waals surface area contributed by atoms with E-state index >= 15 is 0 Å². The quantitative estimate of drug-likeness (QED) is 0.323. The highest BCUT2D eigenvalue weighted by Gasteiger charge is 2.19. The fourth-order valence-corrected chi connectivity index (χ4v) is 4.55. The summed E-state index contributed by atoms with van der Waals surface area (Å²) in [6.07, 6.45) is 0.735. The standard InChI is InChI=1S/C21H22F2N4O4S2/c1-4-14-10-15(19(29)30-5-2)18(33-14)24-16(28)11-32-21-26-25-17(27(21)3)12-6-8-13(9-7-12)31-20(22)23/h6-10,20H,4-5,11H2,1-3H3,(H,24,28). The molecule has 1 aromatic carbocycles. The number of amides is 1. The molecule has 3 rings (SSSR count). The van der Waals surface area contributed by atoms with Gasteiger partial charge in [-0.05, 0) is 43.7 Å². The molecule has 0 atom stereocenters. The average Bonchev–Trinajstić information content (AvgIpc) is 3.36. The van der Waals surface area contributed by atoms with E-state index in [1.54, 1.807) is 36.7 Å². The molecule has 0 spiro atoms. The van der Waals surface area contributed by atoms with Crippen LogP contribution in [-0.4, -0.2) is 45.6 Å². The molecule has 0 unspecified atom stereocenters. The zero-order valence-corrected chi connectivity index (χ0v) is 19.8. The van der Waals surface area contributed by atoms with Gasteiger partial charge in [-0.25, -0.2) is 4.79 Å². The van der Waals surface area contributed by atoms with Crippen molar-refractivity contribution in [1.29, 1.82) is 0 Å². The van der Waals surface area contributed by atoms with Gasteiger partial charge in [0.15, 0.2) is 11.0 Å². The molecule has 0 radical (unpaired) electrons. The lowest BCUT2D eigenvalue weighted by Crippen LogP contribution is -2.16. The Morgan fingerprint density at radius 3 is 2.58 bits per heavy atom. The Balaban J connectivity index is 1.64. The van der Waals surface area contributed by atoms with Gasteiger partial charge in [0.1, 0.15) is 10.8 Å². The predicted molar refractivity (Wildman–Crippen MR) is 122 cm³/mol. The van der Waals surface area contributed by atoms with Crippen LogP contribution in [0.25, 0.3) is 11.4 Å². The summed E-state index contributed by atoms with van der Waals surface area (Å²) in [5.74, 6) is -0.164. The molecule has 1 amide bonds. The van der Waals surface area contributed by atoms with Gasteiger partial charge in [0.05, 0.1) is 17.9 Å². The second-order valence-electron chi connectivity index (χ2n) is 6.63. The van der Waals surface area contributed by atoms with Crippen molar-refractivity contribution in [3.8, 4) is 17.1 Å². The highest BCUT2D eigenvalue weighted by molar-refractivity contribution is 7.99. The Kier molecular flexibility index (Phi) is 8.39. The number of thioether (sulfide) groups is 1. The lowest BCUT2D eigenvalue weighted by molar-refractivity contribution is -0.113. The second kappa shape index (κ2) is 11.2. The van der Waals surface area contributed by atoms with Crippen LogP contribution in [0.3, 0.4) is 0 Å². The highest BCUT2D eigenvalue weighted by atomic mass is 32.2. The van der Waals surface area contributed by atoms with Gasteiger partial charge in [-0.3, -0.25) is 4.79 Å². The lowest BCUT2D eigenvalue weighted by atomic mass is 10.2. The van der Waals surface area contributed by atoms with E-state index in [4.69, 9.17) is 4.74 Å². The van der Waals surface area contributed by atoms with E-state index in [9.17, 15) is 18.4 Å². The number of halogens is 2. The molecule has 33 heavy (non-hydrogen) atoms. The summed E-state index contributed by atoms with van der Waals surface area (Å²) < 4.78 is 35.7. The average molecular weight is 497 g/mol. The van der Waals surface area contributed by atoms with Crippen LogP contribution in [0.4, 0.5) is 13.8 Å². The number of carbonyl (C=O) groups is 2. The smallest absolute Gasteiger partial charge is 0.387 e. The van der Waals surface area contributed by atoms with Crippen molar-refractivity contribution in [2.75, 3.05) is 17.7 Å². The third-order valence-electron chi connectivity index (χ3n) is 4.38. The van der Waals surface area contributed by atoms with Gasteiger partial charge >= 0.3 is 12.6 Å². The van der Waals surface area contributed by atoms with Crippen LogP contribution in [0, 0.1) is 0 Å². The van der Waals surface area contributed by atoms with Crippen LogP contribution in [-0.2, 0) is 23.0 Å². The molecule has 12 heteroatoms. The normalized spacial score (nSPS) is 11.0. The number of alkyl halides is 2. The first-order valence-electron chi connectivity index (χ1n) is 9.99. The number of aryl methyl sites for hydroxylation is 1. The number of thiophene rings is 1. The van der Waals surface area contributed by atoms with Crippen LogP contribution in [0.15, 0.2) is 35.5 Å². The Hall–Kier alpha value is -2.99. The van der Waals surface area contributed by atoms with Crippen LogP contribution >= 0.6 is 23.1 Å². The summed E-state index contributed by atoms with van der Waals surface area (Å²) in [7, 11) is 1.74. The summed E-state index contributed by atoms with van der Waals surface area (Å²) in [5.41, 5.74) is 1.00. The van der Waals surface area contributed by atoms with Gasteiger partial charge in [-0.2, -0.15) is 8.78 Å². The molecule has 0 aliphatic carbocycles. The molecule has 0 aliphatic rings. The maximum atomic E-state index is 12.5. The molecular weight excluding hydrogens is 474 g/mol. The summed E-state index contributed by atoms with van der Waals surface area (Å²) in [5, 5.41) is 12.0. The number of anilines is 1. The van der Waals surface area contributed by atoms with Crippen molar-refractivity contribution < 1.29 is 27.8 Å². The zero-order chi connectivity index (χ0) is 24.0. The van der Waals surface area contributed by atoms with Crippen molar-refractivity contribution in [2.24, 2.45) is 7.05 Å². The monoisotopic (exact) mass is 496 g/mol. The van der Waals surface area contributed by atoms with E-state index in [0.29, 0.717) is 27.1 Å². The molecule has 0 aliphatic heterocycles. The van der Waals surface area contributed by atoms with Gasteiger partial charge in [0.2, 0.25) is 5.91 Å². The van der Waals surface area contributed by atoms with Crippen LogP contribution in [0.1, 0.15) is 29.1 Å². The van der Waals surface area contributed by atoms with E-state index in [2.05, 4.69) is 20.3 Å². The SMILES string of the molecule is CCOC(=O)c1cc(CC)sc1NC(=O)CSc1nnc(-c2ccc(OC(F)F)cc2)n1C. The summed E-state index contributed by atoms with van der Waals surface area (Å²) in [6.45, 7) is 1.04. The number of nitrogens with zero attached hydrogens (tertiary/aromatic N) is 3. The number of hydrogen-bond donors (Lipinski definition) is 1. The highest BCUT2D eigenvalue weighted by Crippen LogP contribution is 2.30. The molecule has 0 saturated heterocycles. The Morgan fingerprint density at radius 1 is 1.21 bits per heavy atom. The first-order valence-corrected chi connectivity index (χ1v) is 11.8. The number of hydrogen-bond acceptors (Lipinski definition) is 8. The molecule has 2 aromatic heterocycles. The summed E-state index contributed by atoms with van der Waals surface area (Å²) >= 11 is 2.52. The second-order valence-corrected chi connectivity index (χ2v) is 8.71. The molecular formula is C21H22F2N4O4S2. The van der Waals surface area contributed by atoms with Crippen molar-refractivity contribution >= 4 is 40.0 Å². The minimum Gasteiger partial charge on any atom is -0.462 e. The van der Waals surface area contributed by atoms with Gasteiger partial charge in [0, 0.05) is 17.5 Å². The summed E-state index contributed by atoms with van der Waals surface area (Å²) in [4.78, 5) is 25.7. The van der Waals surface area contributed by atoms with Crippen molar-refractivity contribution in [3.63, 3.8) is 0 Å². The van der Waals surface area contributed by atoms with E-state index in [-0.39, 0.29) is 24.0 Å². The van der Waals surface area contributed by atoms with Crippen molar-refractivity contribution in [2.45, 2.75) is 32.0 Å². The molecule has 176 valence electrons. The fourth-order valence-electron chi connectivity index (χ4n) is 2.84. The largest absolute Gasteiger partial charge is 0.462 e. The molecule has 0 bridgehead atoms. The predicted octanol–water partition coefficient (Wildman–Crippen LogP) is 4.61. The van der Waals surface area contributed by atoms with Crippen LogP contribution < -0.4 is 10.1 Å². The molecule has 3 aromatic rings. The number of aromatic nitrogens is 3. The van der Waals surface area contributed by atoms with Crippen LogP contribution in [0.2, 0.25) is 0 Å². The maximum absolute atomic E-state index is 12.5. The number of rotatable bonds is 10. The van der Waals surface area contributed by atoms with Gasteiger partial charge in [0.25, 0.3) is 0 Å². The minimum absolute atomic E-state index is 0.0455. The molecule has 0 saturated carbocycles. The van der Waals surface area contributed by atoms with E-state index in [0.717, 1.165) is 11.3 Å². The molecule has 0 fully saturated rings. The van der Waals surface area contributed by atoms with E-state index in [1.807, 2.05) is 6.92 Å². The number of ether oxygens (including phenoxy) is 2. The van der Waals surface area contributed by atoms with Crippen molar-refractivity contribution in [1.82, 2.24) is 14.8 Å². The van der Waals surface area contributed by atoms with Crippen molar-refractivity contribution in [3.05, 3.63) is 40.8 Å². The van der Waals surface area contributed by atoms with Gasteiger partial charge in [-0.1, -0.05) is 18.7 Å². The van der Waals surface area contributed by atoms with E-state index in [1.165, 1.54) is 35.2 Å². The number of esters is 1. The van der Waals surface area contributed by atoms with E-state index < -0.39 is 12.6 Å². The van der Waals surface area contributed by atoms with Gasteiger partial charge in [-0.15, -0.1) is 21.5 Å². The Morgan fingerprint density at radius 2 is 1.94 bits per heavy atom. The first kappa shape index (κ1) is 24.6. The molecule has 2 heterocycles. The number of nitrogens with one attached hydrogen (secondary N) is 1. The fraction of sp³-hybridized carbons (Fsp3) is 0.333. The number of carbonyl (C=O) groups excluding carboxylic acids is 2. The summed E-state index contributed by atoms with van der Waals surface area (Å²) in [6, 6.07) is 7.77. The Bertz CT molecular complexity index is 1120. The third kappa shape index (κ3) is 6.29. The minimum atomic E-state index is -2.89. The van der Waals surface area contributed by atoms with Gasteiger partial charge < -0.3 is 19.4 Å². The number of benzene rings is 1. The topological polar surface area (TPSA) is 95.3 Å². The molecule has 8 nitrogen and oxygen atoms in total. The lowest BCUT2D eigenvalue weighted by Gasteiger charge is -2.07. The maximum Gasteiger partial charge on any atom is 0.387 e. The van der Waals surface area contributed by atoms with Crippen LogP contribution in [0.5, 0.6) is 5.75 Å². The Labute approximate surface area is 197 Å². The third-order valence-corrected chi connectivity index (χ3v) is 6.60. The molecule has 1 N–H and O–H groups in total. The zero-order valence-electron chi connectivity index (χ0n) is 18.1.